The van der Waals surface area contributed by atoms with Crippen molar-refractivity contribution in [3.63, 3.8) is 0 Å². The number of amides is 1. The average molecular weight is 366 g/mol. The molecule has 1 fully saturated rings. The fourth-order valence-corrected chi connectivity index (χ4v) is 3.41. The maximum absolute atomic E-state index is 14.1. The molecule has 0 spiro atoms. The zero-order valence-electron chi connectivity index (χ0n) is 14.9. The van der Waals surface area contributed by atoms with Crippen LogP contribution in [0.4, 0.5) is 13.2 Å². The molecular weight excluding hydrogens is 345 g/mol. The normalized spacial score (nSPS) is 18.8. The number of nitrogens with zero attached hydrogens (tertiary/aromatic N) is 1. The standard InChI is InChI=1S/C19H21F3N2O2/c1-4-26-15-10-13-8-6-5-7-12(13)9-14(15)17(19(20,21)22)24-18(2,3)11-16(25)23-24/h5-10,17H,4,11H2,1-3H3,(H,23,25)/t17-/m0/s1. The summed E-state index contributed by atoms with van der Waals surface area (Å²) < 4.78 is 47.8. The van der Waals surface area contributed by atoms with Gasteiger partial charge in [0.25, 0.3) is 0 Å². The van der Waals surface area contributed by atoms with Crippen LogP contribution in [-0.4, -0.2) is 29.2 Å². The first kappa shape index (κ1) is 18.5. The highest BCUT2D eigenvalue weighted by Gasteiger charge is 2.53. The summed E-state index contributed by atoms with van der Waals surface area (Å²) in [6.07, 6.45) is -4.60. The molecule has 140 valence electrons. The Morgan fingerprint density at radius 1 is 1.23 bits per heavy atom. The number of hydrazine groups is 1. The summed E-state index contributed by atoms with van der Waals surface area (Å²) in [6.45, 7) is 5.20. The number of nitrogens with one attached hydrogen (secondary N) is 1. The molecule has 4 nitrogen and oxygen atoms in total. The molecule has 0 saturated carbocycles. The van der Waals surface area contributed by atoms with E-state index in [-0.39, 0.29) is 24.3 Å². The number of hydrogen-bond donors (Lipinski definition) is 1. The summed E-state index contributed by atoms with van der Waals surface area (Å²) in [7, 11) is 0. The number of ether oxygens (including phenoxy) is 1. The van der Waals surface area contributed by atoms with Crippen LogP contribution in [0.2, 0.25) is 0 Å². The molecule has 1 atom stereocenters. The van der Waals surface area contributed by atoms with Gasteiger partial charge in [-0.15, -0.1) is 0 Å². The summed E-state index contributed by atoms with van der Waals surface area (Å²) in [5.74, 6) is -0.256. The highest BCUT2D eigenvalue weighted by Crippen LogP contribution is 2.46. The largest absolute Gasteiger partial charge is 0.494 e. The summed E-state index contributed by atoms with van der Waals surface area (Å²) in [5, 5.41) is 2.48. The summed E-state index contributed by atoms with van der Waals surface area (Å²) in [6, 6.07) is 8.30. The lowest BCUT2D eigenvalue weighted by molar-refractivity contribution is -0.204. The first-order valence-corrected chi connectivity index (χ1v) is 8.44. The van der Waals surface area contributed by atoms with Gasteiger partial charge in [-0.3, -0.25) is 10.2 Å². The quantitative estimate of drug-likeness (QED) is 0.874. The topological polar surface area (TPSA) is 41.6 Å². The molecule has 1 heterocycles. The van der Waals surface area contributed by atoms with E-state index in [1.54, 1.807) is 39.0 Å². The molecule has 0 radical (unpaired) electrons. The number of benzene rings is 2. The second-order valence-corrected chi connectivity index (χ2v) is 7.01. The Kier molecular flexibility index (Phi) is 4.60. The predicted octanol–water partition coefficient (Wildman–Crippen LogP) is 4.36. The molecule has 7 heteroatoms. The van der Waals surface area contributed by atoms with Crippen LogP contribution in [0.3, 0.4) is 0 Å². The van der Waals surface area contributed by atoms with E-state index in [2.05, 4.69) is 5.43 Å². The first-order chi connectivity index (χ1) is 12.1. The molecule has 2 aromatic carbocycles. The minimum atomic E-state index is -4.59. The van der Waals surface area contributed by atoms with Crippen molar-refractivity contribution in [2.24, 2.45) is 0 Å². The molecular formula is C19H21F3N2O2. The van der Waals surface area contributed by atoms with Gasteiger partial charge in [-0.05, 0) is 43.7 Å². The van der Waals surface area contributed by atoms with Crippen molar-refractivity contribution in [1.29, 1.82) is 0 Å². The number of carbonyl (C=O) groups excluding carboxylic acids is 1. The number of rotatable bonds is 4. The van der Waals surface area contributed by atoms with Crippen LogP contribution in [-0.2, 0) is 4.79 Å². The molecule has 26 heavy (non-hydrogen) atoms. The zero-order chi connectivity index (χ0) is 19.1. The van der Waals surface area contributed by atoms with Crippen molar-refractivity contribution in [3.05, 3.63) is 42.0 Å². The second-order valence-electron chi connectivity index (χ2n) is 7.01. The van der Waals surface area contributed by atoms with E-state index >= 15 is 0 Å². The fraction of sp³-hybridized carbons (Fsp3) is 0.421. The van der Waals surface area contributed by atoms with Crippen molar-refractivity contribution in [3.8, 4) is 5.75 Å². The molecule has 1 N–H and O–H groups in total. The second kappa shape index (κ2) is 6.46. The van der Waals surface area contributed by atoms with Gasteiger partial charge in [0.2, 0.25) is 5.91 Å². The van der Waals surface area contributed by atoms with E-state index in [9.17, 15) is 18.0 Å². The van der Waals surface area contributed by atoms with Crippen molar-refractivity contribution < 1.29 is 22.7 Å². The van der Waals surface area contributed by atoms with E-state index in [0.29, 0.717) is 5.39 Å². The number of halogens is 3. The van der Waals surface area contributed by atoms with E-state index in [1.807, 2.05) is 12.1 Å². The molecule has 1 aliphatic heterocycles. The molecule has 0 aromatic heterocycles. The Balaban J connectivity index is 2.21. The molecule has 0 unspecified atom stereocenters. The monoisotopic (exact) mass is 366 g/mol. The van der Waals surface area contributed by atoms with Gasteiger partial charge in [-0.2, -0.15) is 18.2 Å². The summed E-state index contributed by atoms with van der Waals surface area (Å²) >= 11 is 0. The Bertz CT molecular complexity index is 833. The molecule has 0 bridgehead atoms. The van der Waals surface area contributed by atoms with Crippen LogP contribution in [0.5, 0.6) is 5.75 Å². The summed E-state index contributed by atoms with van der Waals surface area (Å²) in [4.78, 5) is 11.8. The predicted molar refractivity (Wildman–Crippen MR) is 92.6 cm³/mol. The average Bonchev–Trinajstić information content (AvgIpc) is 2.79. The third kappa shape index (κ3) is 3.35. The maximum atomic E-state index is 14.1. The van der Waals surface area contributed by atoms with Gasteiger partial charge in [0.15, 0.2) is 6.04 Å². The van der Waals surface area contributed by atoms with E-state index < -0.39 is 23.7 Å². The number of hydrogen-bond acceptors (Lipinski definition) is 3. The van der Waals surface area contributed by atoms with E-state index in [4.69, 9.17) is 4.74 Å². The van der Waals surface area contributed by atoms with Crippen molar-refractivity contribution in [1.82, 2.24) is 10.4 Å². The Hall–Kier alpha value is -2.28. The number of carbonyl (C=O) groups is 1. The third-order valence-electron chi connectivity index (χ3n) is 4.53. The number of alkyl halides is 3. The smallest absolute Gasteiger partial charge is 0.410 e. The highest BCUT2D eigenvalue weighted by atomic mass is 19.4. The van der Waals surface area contributed by atoms with Gasteiger partial charge in [0.1, 0.15) is 5.75 Å². The van der Waals surface area contributed by atoms with Crippen LogP contribution in [0.25, 0.3) is 10.8 Å². The Labute approximate surface area is 149 Å². The van der Waals surface area contributed by atoms with Crippen molar-refractivity contribution in [2.75, 3.05) is 6.61 Å². The van der Waals surface area contributed by atoms with Gasteiger partial charge in [-0.25, -0.2) is 0 Å². The van der Waals surface area contributed by atoms with E-state index in [1.165, 1.54) is 6.07 Å². The SMILES string of the molecule is CCOc1cc2ccccc2cc1[C@H](N1NC(=O)CC1(C)C)C(F)(F)F. The number of fused-ring (bicyclic) bond motifs is 1. The minimum absolute atomic E-state index is 0.00285. The van der Waals surface area contributed by atoms with Crippen LogP contribution in [0.15, 0.2) is 36.4 Å². The minimum Gasteiger partial charge on any atom is -0.494 e. The van der Waals surface area contributed by atoms with Crippen molar-refractivity contribution in [2.45, 2.75) is 44.9 Å². The molecule has 1 saturated heterocycles. The molecule has 2 aromatic rings. The van der Waals surface area contributed by atoms with Crippen molar-refractivity contribution >= 4 is 16.7 Å². The lowest BCUT2D eigenvalue weighted by atomic mass is 9.95. The lowest BCUT2D eigenvalue weighted by Gasteiger charge is -2.38. The van der Waals surface area contributed by atoms with Gasteiger partial charge < -0.3 is 4.74 Å². The maximum Gasteiger partial charge on any atom is 0.410 e. The van der Waals surface area contributed by atoms with Gasteiger partial charge >= 0.3 is 6.18 Å². The summed E-state index contributed by atoms with van der Waals surface area (Å²) in [5.41, 5.74) is 1.40. The van der Waals surface area contributed by atoms with Crippen LogP contribution < -0.4 is 10.2 Å². The molecule has 1 amide bonds. The molecule has 3 rings (SSSR count). The van der Waals surface area contributed by atoms with Gasteiger partial charge in [0.05, 0.1) is 6.61 Å². The first-order valence-electron chi connectivity index (χ1n) is 8.44. The lowest BCUT2D eigenvalue weighted by Crippen LogP contribution is -2.51. The van der Waals surface area contributed by atoms with Gasteiger partial charge in [-0.1, -0.05) is 24.3 Å². The van der Waals surface area contributed by atoms with Crippen LogP contribution >= 0.6 is 0 Å². The van der Waals surface area contributed by atoms with Crippen LogP contribution in [0, 0.1) is 0 Å². The Morgan fingerprint density at radius 2 is 1.85 bits per heavy atom. The fourth-order valence-electron chi connectivity index (χ4n) is 3.41. The molecule has 1 aliphatic rings. The zero-order valence-corrected chi connectivity index (χ0v) is 14.9. The van der Waals surface area contributed by atoms with Crippen LogP contribution in [0.1, 0.15) is 38.8 Å². The molecule has 0 aliphatic carbocycles. The van der Waals surface area contributed by atoms with Gasteiger partial charge in [0, 0.05) is 17.5 Å². The Morgan fingerprint density at radius 3 is 2.35 bits per heavy atom. The third-order valence-corrected chi connectivity index (χ3v) is 4.53. The highest BCUT2D eigenvalue weighted by molar-refractivity contribution is 5.85. The van der Waals surface area contributed by atoms with E-state index in [0.717, 1.165) is 10.4 Å².